The van der Waals surface area contributed by atoms with Crippen LogP contribution in [-0.4, -0.2) is 0 Å². The zero-order chi connectivity index (χ0) is 12.4. The van der Waals surface area contributed by atoms with Crippen molar-refractivity contribution >= 4 is 11.6 Å². The molecule has 0 bridgehead atoms. The van der Waals surface area contributed by atoms with E-state index in [1.165, 1.54) is 30.3 Å². The minimum Gasteiger partial charge on any atom is -0.204 e. The lowest BCUT2D eigenvalue weighted by Gasteiger charge is -2.06. The highest BCUT2D eigenvalue weighted by Crippen LogP contribution is 2.31. The Morgan fingerprint density at radius 3 is 2.47 bits per heavy atom. The molecule has 2 rings (SSSR count). The number of nitriles is 1. The fourth-order valence-corrected chi connectivity index (χ4v) is 1.80. The summed E-state index contributed by atoms with van der Waals surface area (Å²) in [5, 5.41) is 8.90. The molecule has 2 aromatic carbocycles. The average Bonchev–Trinajstić information content (AvgIpc) is 2.33. The predicted molar refractivity (Wildman–Crippen MR) is 61.5 cm³/mol. The van der Waals surface area contributed by atoms with E-state index in [-0.39, 0.29) is 10.6 Å². The number of hydrogen-bond acceptors (Lipinski definition) is 1. The lowest BCUT2D eigenvalue weighted by atomic mass is 10.0. The third-order valence-electron chi connectivity index (χ3n) is 2.34. The van der Waals surface area contributed by atoms with Gasteiger partial charge in [-0.25, -0.2) is 8.78 Å². The molecule has 0 saturated carbocycles. The number of benzene rings is 2. The molecule has 17 heavy (non-hydrogen) atoms. The first-order valence-corrected chi connectivity index (χ1v) is 5.15. The molecule has 0 atom stereocenters. The topological polar surface area (TPSA) is 23.8 Å². The van der Waals surface area contributed by atoms with Crippen LogP contribution in [-0.2, 0) is 0 Å². The minimum atomic E-state index is -0.945. The van der Waals surface area contributed by atoms with Gasteiger partial charge in [0, 0.05) is 16.1 Å². The van der Waals surface area contributed by atoms with Crippen molar-refractivity contribution in [2.75, 3.05) is 0 Å². The summed E-state index contributed by atoms with van der Waals surface area (Å²) >= 11 is 5.93. The zero-order valence-corrected chi connectivity index (χ0v) is 9.30. The van der Waals surface area contributed by atoms with Crippen molar-refractivity contribution in [2.24, 2.45) is 0 Å². The molecule has 0 aliphatic rings. The maximum atomic E-state index is 13.6. The summed E-state index contributed by atoms with van der Waals surface area (Å²) in [7, 11) is 0. The summed E-state index contributed by atoms with van der Waals surface area (Å²) in [6.07, 6.45) is 0. The smallest absolute Gasteiger partial charge is 0.166 e. The Bertz CT molecular complexity index is 617. The van der Waals surface area contributed by atoms with E-state index in [1.807, 2.05) is 6.07 Å². The van der Waals surface area contributed by atoms with Gasteiger partial charge in [-0.05, 0) is 18.2 Å². The summed E-state index contributed by atoms with van der Waals surface area (Å²) in [6, 6.07) is 10.2. The fraction of sp³-hybridized carbons (Fsp3) is 0. The zero-order valence-electron chi connectivity index (χ0n) is 8.55. The van der Waals surface area contributed by atoms with Crippen molar-refractivity contribution in [3.8, 4) is 17.2 Å². The van der Waals surface area contributed by atoms with E-state index in [9.17, 15) is 8.78 Å². The van der Waals surface area contributed by atoms with Gasteiger partial charge in [0.15, 0.2) is 11.6 Å². The fourth-order valence-electron chi connectivity index (χ4n) is 1.51. The van der Waals surface area contributed by atoms with Crippen LogP contribution in [0.1, 0.15) is 5.56 Å². The predicted octanol–water partition coefficient (Wildman–Crippen LogP) is 4.16. The third-order valence-corrected chi connectivity index (χ3v) is 2.65. The van der Waals surface area contributed by atoms with Crippen LogP contribution in [0, 0.1) is 23.0 Å². The molecule has 2 aromatic rings. The van der Waals surface area contributed by atoms with Crippen molar-refractivity contribution in [1.29, 1.82) is 5.26 Å². The average molecular weight is 250 g/mol. The first-order valence-electron chi connectivity index (χ1n) is 4.77. The van der Waals surface area contributed by atoms with Crippen LogP contribution in [0.3, 0.4) is 0 Å². The Balaban J connectivity index is 2.62. The molecule has 0 aliphatic heterocycles. The summed E-state index contributed by atoms with van der Waals surface area (Å²) in [6.45, 7) is 0. The Morgan fingerprint density at radius 2 is 1.82 bits per heavy atom. The molecule has 0 unspecified atom stereocenters. The minimum absolute atomic E-state index is 0.0829. The number of rotatable bonds is 1. The van der Waals surface area contributed by atoms with Gasteiger partial charge in [-0.15, -0.1) is 0 Å². The summed E-state index contributed by atoms with van der Waals surface area (Å²) in [4.78, 5) is 0. The number of nitrogens with zero attached hydrogens (tertiary/aromatic N) is 1. The lowest BCUT2D eigenvalue weighted by Crippen LogP contribution is -1.90. The second-order valence-electron chi connectivity index (χ2n) is 3.41. The Labute approximate surface area is 102 Å². The summed E-state index contributed by atoms with van der Waals surface area (Å²) in [5.41, 5.74) is 0.817. The molecule has 0 spiro atoms. The molecule has 4 heteroatoms. The van der Waals surface area contributed by atoms with Crippen molar-refractivity contribution in [3.63, 3.8) is 0 Å². The SMILES string of the molecule is N#Cc1ccc(-c2cccc(F)c2F)c(Cl)c1. The maximum absolute atomic E-state index is 13.6. The molecule has 84 valence electrons. The van der Waals surface area contributed by atoms with E-state index < -0.39 is 11.6 Å². The highest BCUT2D eigenvalue weighted by molar-refractivity contribution is 6.33. The van der Waals surface area contributed by atoms with Gasteiger partial charge in [0.25, 0.3) is 0 Å². The van der Waals surface area contributed by atoms with Gasteiger partial charge in [-0.3, -0.25) is 0 Å². The van der Waals surface area contributed by atoms with Crippen LogP contribution in [0.5, 0.6) is 0 Å². The normalized spacial score (nSPS) is 10.0. The molecular weight excluding hydrogens is 244 g/mol. The monoisotopic (exact) mass is 249 g/mol. The second kappa shape index (κ2) is 4.52. The van der Waals surface area contributed by atoms with E-state index in [0.717, 1.165) is 6.07 Å². The van der Waals surface area contributed by atoms with Crippen molar-refractivity contribution < 1.29 is 8.78 Å². The van der Waals surface area contributed by atoms with Crippen LogP contribution >= 0.6 is 11.6 Å². The van der Waals surface area contributed by atoms with Crippen LogP contribution in [0.2, 0.25) is 5.02 Å². The molecular formula is C13H6ClF2N. The van der Waals surface area contributed by atoms with E-state index in [4.69, 9.17) is 16.9 Å². The Hall–Kier alpha value is -1.92. The van der Waals surface area contributed by atoms with E-state index in [0.29, 0.717) is 11.1 Å². The summed E-state index contributed by atoms with van der Waals surface area (Å²) in [5.74, 6) is -1.87. The van der Waals surface area contributed by atoms with Crippen LogP contribution < -0.4 is 0 Å². The van der Waals surface area contributed by atoms with Crippen LogP contribution in [0.25, 0.3) is 11.1 Å². The quantitative estimate of drug-likeness (QED) is 0.745. The standard InChI is InChI=1S/C13H6ClF2N/c14-11-6-8(7-17)4-5-9(11)10-2-1-3-12(15)13(10)16/h1-6H. The molecule has 0 N–H and O–H groups in total. The highest BCUT2D eigenvalue weighted by Gasteiger charge is 2.12. The van der Waals surface area contributed by atoms with E-state index in [1.54, 1.807) is 0 Å². The van der Waals surface area contributed by atoms with Crippen molar-refractivity contribution in [3.05, 3.63) is 58.6 Å². The van der Waals surface area contributed by atoms with E-state index >= 15 is 0 Å². The van der Waals surface area contributed by atoms with Crippen LogP contribution in [0.15, 0.2) is 36.4 Å². The Morgan fingerprint density at radius 1 is 1.06 bits per heavy atom. The van der Waals surface area contributed by atoms with Gasteiger partial charge in [-0.1, -0.05) is 29.8 Å². The summed E-state index contributed by atoms with van der Waals surface area (Å²) < 4.78 is 26.6. The number of hydrogen-bond donors (Lipinski definition) is 0. The van der Waals surface area contributed by atoms with Gasteiger partial charge in [-0.2, -0.15) is 5.26 Å². The molecule has 0 amide bonds. The van der Waals surface area contributed by atoms with Crippen LogP contribution in [0.4, 0.5) is 8.78 Å². The number of halogens is 3. The Kier molecular flexibility index (Phi) is 3.08. The lowest BCUT2D eigenvalue weighted by molar-refractivity contribution is 0.511. The van der Waals surface area contributed by atoms with Crippen molar-refractivity contribution in [2.45, 2.75) is 0 Å². The second-order valence-corrected chi connectivity index (χ2v) is 3.82. The first kappa shape index (κ1) is 11.6. The van der Waals surface area contributed by atoms with E-state index in [2.05, 4.69) is 0 Å². The molecule has 0 radical (unpaired) electrons. The molecule has 0 heterocycles. The largest absolute Gasteiger partial charge is 0.204 e. The van der Waals surface area contributed by atoms with Crippen molar-refractivity contribution in [1.82, 2.24) is 0 Å². The maximum Gasteiger partial charge on any atom is 0.166 e. The highest BCUT2D eigenvalue weighted by atomic mass is 35.5. The molecule has 0 aliphatic carbocycles. The molecule has 0 saturated heterocycles. The molecule has 1 nitrogen and oxygen atoms in total. The van der Waals surface area contributed by atoms with Gasteiger partial charge in [0.1, 0.15) is 0 Å². The van der Waals surface area contributed by atoms with Gasteiger partial charge < -0.3 is 0 Å². The third kappa shape index (κ3) is 2.13. The first-order chi connectivity index (χ1) is 8.13. The molecule has 0 fully saturated rings. The van der Waals surface area contributed by atoms with Gasteiger partial charge in [0.05, 0.1) is 11.6 Å². The van der Waals surface area contributed by atoms with Gasteiger partial charge >= 0.3 is 0 Å². The van der Waals surface area contributed by atoms with Gasteiger partial charge in [0.2, 0.25) is 0 Å². The molecule has 0 aromatic heterocycles.